The second kappa shape index (κ2) is 11.9. The average molecular weight is 404 g/mol. The monoisotopic (exact) mass is 403 g/mol. The summed E-state index contributed by atoms with van der Waals surface area (Å²) in [5, 5.41) is 9.54. The number of ether oxygens (including phenoxy) is 1. The van der Waals surface area contributed by atoms with E-state index in [2.05, 4.69) is 20.9 Å². The molecule has 1 fully saturated rings. The lowest BCUT2D eigenvalue weighted by molar-refractivity contribution is 0.0950. The van der Waals surface area contributed by atoms with Gasteiger partial charge in [-0.2, -0.15) is 0 Å². The summed E-state index contributed by atoms with van der Waals surface area (Å²) in [5.74, 6) is 0.669. The molecule has 8 heteroatoms. The fourth-order valence-corrected chi connectivity index (χ4v) is 3.18. The van der Waals surface area contributed by atoms with Gasteiger partial charge in [0.25, 0.3) is 5.91 Å². The number of piperidine rings is 1. The van der Waals surface area contributed by atoms with Crippen molar-refractivity contribution in [2.45, 2.75) is 46.2 Å². The molecule has 1 saturated heterocycles. The number of benzene rings is 1. The summed E-state index contributed by atoms with van der Waals surface area (Å²) in [7, 11) is 0. The Morgan fingerprint density at radius 3 is 2.52 bits per heavy atom. The normalized spacial score (nSPS) is 15.0. The first kappa shape index (κ1) is 22.5. The summed E-state index contributed by atoms with van der Waals surface area (Å²) in [6.07, 6.45) is 1.45. The average Bonchev–Trinajstić information content (AvgIpc) is 2.73. The highest BCUT2D eigenvalue weighted by Gasteiger charge is 2.24. The fraction of sp³-hybridized carbons (Fsp3) is 0.571. The lowest BCUT2D eigenvalue weighted by Crippen LogP contribution is -2.49. The number of hydrogen-bond donors (Lipinski definition) is 3. The highest BCUT2D eigenvalue weighted by molar-refractivity contribution is 5.94. The van der Waals surface area contributed by atoms with Crippen LogP contribution in [0.2, 0.25) is 0 Å². The first-order valence-electron chi connectivity index (χ1n) is 10.4. The van der Waals surface area contributed by atoms with Gasteiger partial charge in [-0.1, -0.05) is 12.1 Å². The van der Waals surface area contributed by atoms with E-state index in [0.29, 0.717) is 38.3 Å². The molecule has 1 aromatic carbocycles. The van der Waals surface area contributed by atoms with Crippen molar-refractivity contribution in [2.24, 2.45) is 4.99 Å². The molecule has 0 radical (unpaired) electrons. The molecule has 8 nitrogen and oxygen atoms in total. The van der Waals surface area contributed by atoms with Crippen LogP contribution in [0.15, 0.2) is 29.3 Å². The van der Waals surface area contributed by atoms with Crippen LogP contribution in [-0.4, -0.2) is 61.7 Å². The minimum absolute atomic E-state index is 0.0725. The predicted octanol–water partition coefficient (Wildman–Crippen LogP) is 2.11. The summed E-state index contributed by atoms with van der Waals surface area (Å²) < 4.78 is 5.07. The molecule has 2 rings (SSSR count). The molecular weight excluding hydrogens is 370 g/mol. The van der Waals surface area contributed by atoms with Crippen molar-refractivity contribution >= 4 is 18.0 Å². The van der Waals surface area contributed by atoms with Gasteiger partial charge in [-0.05, 0) is 51.3 Å². The topological polar surface area (TPSA) is 95.1 Å². The van der Waals surface area contributed by atoms with Crippen LogP contribution >= 0.6 is 0 Å². The first-order chi connectivity index (χ1) is 14.1. The third-order valence-corrected chi connectivity index (χ3v) is 4.65. The van der Waals surface area contributed by atoms with E-state index in [-0.39, 0.29) is 18.0 Å². The molecule has 3 N–H and O–H groups in total. The molecule has 0 bridgehead atoms. The number of carbonyl (C=O) groups is 2. The molecule has 29 heavy (non-hydrogen) atoms. The Balaban J connectivity index is 1.93. The molecule has 0 unspecified atom stereocenters. The zero-order valence-electron chi connectivity index (χ0n) is 17.7. The second-order valence-electron chi connectivity index (χ2n) is 6.86. The quantitative estimate of drug-likeness (QED) is 0.479. The Labute approximate surface area is 173 Å². The van der Waals surface area contributed by atoms with Crippen LogP contribution in [0.4, 0.5) is 4.79 Å². The number of carbonyl (C=O) groups excluding carboxylic acids is 2. The molecule has 1 heterocycles. The highest BCUT2D eigenvalue weighted by Crippen LogP contribution is 2.12. The first-order valence-corrected chi connectivity index (χ1v) is 10.4. The lowest BCUT2D eigenvalue weighted by Gasteiger charge is -2.32. The Hall–Kier alpha value is -2.77. The van der Waals surface area contributed by atoms with E-state index < -0.39 is 0 Å². The molecule has 1 aromatic rings. The van der Waals surface area contributed by atoms with Crippen molar-refractivity contribution in [3.8, 4) is 0 Å². The van der Waals surface area contributed by atoms with E-state index in [1.54, 1.807) is 11.0 Å². The van der Waals surface area contributed by atoms with Crippen LogP contribution in [0.1, 0.15) is 49.5 Å². The van der Waals surface area contributed by atoms with Crippen LogP contribution in [0.5, 0.6) is 0 Å². The molecule has 2 amide bonds. The van der Waals surface area contributed by atoms with Crippen LogP contribution in [0.3, 0.4) is 0 Å². The van der Waals surface area contributed by atoms with E-state index in [1.165, 1.54) is 0 Å². The number of nitrogens with one attached hydrogen (secondary N) is 3. The highest BCUT2D eigenvalue weighted by atomic mass is 16.6. The maximum Gasteiger partial charge on any atom is 0.409 e. The van der Waals surface area contributed by atoms with E-state index in [9.17, 15) is 9.59 Å². The van der Waals surface area contributed by atoms with Gasteiger partial charge in [-0.25, -0.2) is 9.79 Å². The standard InChI is InChI=1S/C21H33N5O3/c1-4-22-19(27)17-9-7-8-16(14-17)15-24-20(23-5-2)25-18-10-12-26(13-11-18)21(28)29-6-3/h7-9,14,18H,4-6,10-13,15H2,1-3H3,(H,22,27)(H2,23,24,25). The van der Waals surface area contributed by atoms with E-state index in [0.717, 1.165) is 30.9 Å². The summed E-state index contributed by atoms with van der Waals surface area (Å²) in [4.78, 5) is 30.2. The van der Waals surface area contributed by atoms with Crippen molar-refractivity contribution < 1.29 is 14.3 Å². The number of guanidine groups is 1. The Bertz CT molecular complexity index is 699. The van der Waals surface area contributed by atoms with Crippen LogP contribution < -0.4 is 16.0 Å². The number of hydrogen-bond acceptors (Lipinski definition) is 4. The molecule has 1 aliphatic rings. The smallest absolute Gasteiger partial charge is 0.409 e. The third-order valence-electron chi connectivity index (χ3n) is 4.65. The maximum atomic E-state index is 12.0. The van der Waals surface area contributed by atoms with Crippen LogP contribution in [-0.2, 0) is 11.3 Å². The molecule has 0 saturated carbocycles. The van der Waals surface area contributed by atoms with Gasteiger partial charge in [-0.3, -0.25) is 4.79 Å². The second-order valence-corrected chi connectivity index (χ2v) is 6.86. The van der Waals surface area contributed by atoms with Crippen LogP contribution in [0.25, 0.3) is 0 Å². The summed E-state index contributed by atoms with van der Waals surface area (Å²) in [6, 6.07) is 7.77. The Morgan fingerprint density at radius 2 is 1.86 bits per heavy atom. The van der Waals surface area contributed by atoms with Gasteiger partial charge in [0.2, 0.25) is 0 Å². The maximum absolute atomic E-state index is 12.0. The van der Waals surface area contributed by atoms with E-state index >= 15 is 0 Å². The summed E-state index contributed by atoms with van der Waals surface area (Å²) >= 11 is 0. The van der Waals surface area contributed by atoms with Gasteiger partial charge < -0.3 is 25.6 Å². The van der Waals surface area contributed by atoms with Crippen molar-refractivity contribution in [2.75, 3.05) is 32.8 Å². The number of nitrogens with zero attached hydrogens (tertiary/aromatic N) is 2. The number of amides is 2. The minimum atomic E-state index is -0.237. The SMILES string of the molecule is CCNC(=O)c1cccc(CN=C(NCC)NC2CCN(C(=O)OCC)CC2)c1. The molecule has 1 aliphatic heterocycles. The fourth-order valence-electron chi connectivity index (χ4n) is 3.18. The van der Waals surface area contributed by atoms with Gasteiger partial charge in [-0.15, -0.1) is 0 Å². The molecule has 160 valence electrons. The van der Waals surface area contributed by atoms with Gasteiger partial charge in [0.15, 0.2) is 5.96 Å². The molecular formula is C21H33N5O3. The number of aliphatic imine (C=N–C) groups is 1. The Morgan fingerprint density at radius 1 is 1.14 bits per heavy atom. The Kier molecular flexibility index (Phi) is 9.27. The van der Waals surface area contributed by atoms with Crippen molar-refractivity contribution in [3.05, 3.63) is 35.4 Å². The summed E-state index contributed by atoms with van der Waals surface area (Å²) in [6.45, 7) is 9.32. The third kappa shape index (κ3) is 7.29. The van der Waals surface area contributed by atoms with E-state index in [4.69, 9.17) is 4.74 Å². The molecule has 0 atom stereocenters. The number of likely N-dealkylation sites (tertiary alicyclic amines) is 1. The lowest BCUT2D eigenvalue weighted by atomic mass is 10.1. The van der Waals surface area contributed by atoms with Gasteiger partial charge in [0, 0.05) is 37.8 Å². The summed E-state index contributed by atoms with van der Waals surface area (Å²) in [5.41, 5.74) is 1.62. The van der Waals surface area contributed by atoms with Gasteiger partial charge >= 0.3 is 6.09 Å². The zero-order chi connectivity index (χ0) is 21.1. The zero-order valence-corrected chi connectivity index (χ0v) is 17.7. The molecule has 0 spiro atoms. The van der Waals surface area contributed by atoms with Gasteiger partial charge in [0.05, 0.1) is 13.2 Å². The van der Waals surface area contributed by atoms with Gasteiger partial charge in [0.1, 0.15) is 0 Å². The minimum Gasteiger partial charge on any atom is -0.450 e. The van der Waals surface area contributed by atoms with Crippen LogP contribution in [0, 0.1) is 0 Å². The molecule has 0 aromatic heterocycles. The van der Waals surface area contributed by atoms with Crippen molar-refractivity contribution in [1.82, 2.24) is 20.9 Å². The number of rotatable bonds is 7. The van der Waals surface area contributed by atoms with E-state index in [1.807, 2.05) is 39.0 Å². The largest absolute Gasteiger partial charge is 0.450 e. The van der Waals surface area contributed by atoms with Crippen molar-refractivity contribution in [3.63, 3.8) is 0 Å². The predicted molar refractivity (Wildman–Crippen MR) is 114 cm³/mol. The van der Waals surface area contributed by atoms with Crippen molar-refractivity contribution in [1.29, 1.82) is 0 Å². The molecule has 0 aliphatic carbocycles.